The fourth-order valence-corrected chi connectivity index (χ4v) is 6.68. The maximum absolute atomic E-state index is 12.8. The van der Waals surface area contributed by atoms with Crippen LogP contribution in [-0.4, -0.2) is 72.3 Å². The quantitative estimate of drug-likeness (QED) is 0.126. The Morgan fingerprint density at radius 3 is 2.62 bits per heavy atom. The van der Waals surface area contributed by atoms with Gasteiger partial charge in [-0.05, 0) is 25.7 Å². The van der Waals surface area contributed by atoms with Gasteiger partial charge in [-0.15, -0.1) is 23.1 Å². The van der Waals surface area contributed by atoms with E-state index in [9.17, 15) is 29.4 Å². The molecular formula is C29H44N4O6S3. The second-order valence-corrected chi connectivity index (χ2v) is 13.8. The number of nitrogens with one attached hydrogen (secondary N) is 2. The fraction of sp³-hybridized carbons (Fsp3) is 0.655. The van der Waals surface area contributed by atoms with Crippen molar-refractivity contribution in [2.45, 2.75) is 103 Å². The van der Waals surface area contributed by atoms with E-state index >= 15 is 0 Å². The van der Waals surface area contributed by atoms with E-state index in [0.717, 1.165) is 12.8 Å². The molecule has 2 rings (SSSR count). The van der Waals surface area contributed by atoms with E-state index in [1.165, 1.54) is 54.1 Å². The highest BCUT2D eigenvalue weighted by molar-refractivity contribution is 8.14. The first-order valence-electron chi connectivity index (χ1n) is 14.4. The van der Waals surface area contributed by atoms with Gasteiger partial charge in [-0.3, -0.25) is 19.4 Å². The molecule has 0 saturated carbocycles. The number of thiazole rings is 1. The van der Waals surface area contributed by atoms with Crippen LogP contribution >= 0.6 is 34.9 Å². The van der Waals surface area contributed by atoms with Gasteiger partial charge in [-0.1, -0.05) is 70.4 Å². The monoisotopic (exact) mass is 640 g/mol. The second-order valence-electron chi connectivity index (χ2n) is 10.8. The number of rotatable bonds is 19. The number of amides is 2. The lowest BCUT2D eigenvalue weighted by Gasteiger charge is -2.24. The summed E-state index contributed by atoms with van der Waals surface area (Å²) in [4.78, 5) is 57.6. The molecule has 0 radical (unpaired) electrons. The first kappa shape index (κ1) is 36.0. The standard InChI is InChI=1S/C29H44N4O6S3/c1-5-6-7-8-9-13-24(36)40-14-11-10-12-20(34)15-22(35)30-16-23-31-21(17-41-23)26-33-29(4,18-42-26)28(39)32-25(19(2)3)27(37)38/h10,12,17,19-20,25,34H,5-9,11,13-16,18H2,1-4H3,(H,30,35)(H,32,39)(H,37,38)/b12-10+/t20-,25+,29?/m1/s1. The summed E-state index contributed by atoms with van der Waals surface area (Å²) in [6.45, 7) is 7.50. The van der Waals surface area contributed by atoms with Crippen molar-refractivity contribution in [2.75, 3.05) is 11.5 Å². The Morgan fingerprint density at radius 1 is 1.19 bits per heavy atom. The third kappa shape index (κ3) is 12.6. The molecule has 4 N–H and O–H groups in total. The second kappa shape index (κ2) is 18.4. The molecule has 2 amide bonds. The Kier molecular flexibility index (Phi) is 15.8. The largest absolute Gasteiger partial charge is 0.480 e. The maximum Gasteiger partial charge on any atom is 0.326 e. The molecule has 234 valence electrons. The van der Waals surface area contributed by atoms with E-state index in [1.54, 1.807) is 38.3 Å². The summed E-state index contributed by atoms with van der Waals surface area (Å²) >= 11 is 4.05. The van der Waals surface area contributed by atoms with Gasteiger partial charge in [0.1, 0.15) is 27.3 Å². The van der Waals surface area contributed by atoms with E-state index in [-0.39, 0.29) is 29.9 Å². The van der Waals surface area contributed by atoms with Crippen molar-refractivity contribution in [2.24, 2.45) is 10.9 Å². The number of aliphatic carboxylic acids is 1. The molecule has 0 spiro atoms. The summed E-state index contributed by atoms with van der Waals surface area (Å²) in [6.07, 6.45) is 9.27. The number of hydrogen-bond donors (Lipinski definition) is 4. The molecule has 42 heavy (non-hydrogen) atoms. The number of unbranched alkanes of at least 4 members (excludes halogenated alkanes) is 4. The van der Waals surface area contributed by atoms with E-state index in [4.69, 9.17) is 0 Å². The van der Waals surface area contributed by atoms with Gasteiger partial charge in [0.2, 0.25) is 11.8 Å². The van der Waals surface area contributed by atoms with Crippen LogP contribution in [0.1, 0.15) is 89.8 Å². The minimum Gasteiger partial charge on any atom is -0.480 e. The van der Waals surface area contributed by atoms with Crippen LogP contribution in [0.5, 0.6) is 0 Å². The number of carbonyl (C=O) groups is 4. The Labute approximate surface area is 261 Å². The summed E-state index contributed by atoms with van der Waals surface area (Å²) in [5, 5.41) is 28.1. The molecule has 0 aromatic carbocycles. The number of aliphatic imine (C=N–C) groups is 1. The third-order valence-electron chi connectivity index (χ3n) is 6.54. The van der Waals surface area contributed by atoms with Gasteiger partial charge < -0.3 is 20.8 Å². The number of hydrogen-bond acceptors (Lipinski definition) is 10. The van der Waals surface area contributed by atoms with Crippen molar-refractivity contribution in [1.82, 2.24) is 15.6 Å². The summed E-state index contributed by atoms with van der Waals surface area (Å²) in [5.74, 6) is -1.09. The average Bonchev–Trinajstić information content (AvgIpc) is 3.57. The lowest BCUT2D eigenvalue weighted by Crippen LogP contribution is -2.52. The molecule has 3 atom stereocenters. The van der Waals surface area contributed by atoms with E-state index in [2.05, 4.69) is 27.5 Å². The molecular weight excluding hydrogens is 597 g/mol. The lowest BCUT2D eigenvalue weighted by atomic mass is 10.0. The Bertz CT molecular complexity index is 1120. The highest BCUT2D eigenvalue weighted by Gasteiger charge is 2.41. The number of thioether (sulfide) groups is 2. The van der Waals surface area contributed by atoms with Gasteiger partial charge in [-0.2, -0.15) is 0 Å². The van der Waals surface area contributed by atoms with Gasteiger partial charge in [0.25, 0.3) is 0 Å². The maximum atomic E-state index is 12.8. The molecule has 1 aliphatic heterocycles. The molecule has 1 aromatic heterocycles. The average molecular weight is 641 g/mol. The van der Waals surface area contributed by atoms with Gasteiger partial charge in [0.15, 0.2) is 5.12 Å². The molecule has 13 heteroatoms. The van der Waals surface area contributed by atoms with Crippen molar-refractivity contribution >= 4 is 62.8 Å². The van der Waals surface area contributed by atoms with Crippen LogP contribution in [0.2, 0.25) is 0 Å². The van der Waals surface area contributed by atoms with Crippen molar-refractivity contribution in [3.05, 3.63) is 28.2 Å². The van der Waals surface area contributed by atoms with Crippen molar-refractivity contribution in [1.29, 1.82) is 0 Å². The molecule has 0 aliphatic carbocycles. The SMILES string of the molecule is CCCCCCCC(=O)SCC/C=C/[C@@H](O)CC(=O)NCc1nc(C2=NC(C)(C(=O)N[C@H](C(=O)O)C(C)C)CS2)cs1. The Morgan fingerprint density at radius 2 is 1.93 bits per heavy atom. The fourth-order valence-electron chi connectivity index (χ4n) is 3.99. The van der Waals surface area contributed by atoms with Crippen LogP contribution in [0.25, 0.3) is 0 Å². The minimum absolute atomic E-state index is 0.0810. The molecule has 0 bridgehead atoms. The van der Waals surface area contributed by atoms with Crippen LogP contribution in [0.3, 0.4) is 0 Å². The zero-order chi connectivity index (χ0) is 31.1. The number of carboxylic acids is 1. The highest BCUT2D eigenvalue weighted by atomic mass is 32.2. The first-order chi connectivity index (χ1) is 19.9. The summed E-state index contributed by atoms with van der Waals surface area (Å²) < 4.78 is 0. The van der Waals surface area contributed by atoms with Gasteiger partial charge in [0, 0.05) is 23.3 Å². The topological polar surface area (TPSA) is 158 Å². The van der Waals surface area contributed by atoms with Crippen LogP contribution in [0, 0.1) is 5.92 Å². The van der Waals surface area contributed by atoms with Crippen molar-refractivity contribution in [3.8, 4) is 0 Å². The summed E-state index contributed by atoms with van der Waals surface area (Å²) in [6, 6.07) is -0.994. The zero-order valence-corrected chi connectivity index (χ0v) is 27.3. The molecule has 0 saturated heterocycles. The number of aliphatic hydroxyl groups excluding tert-OH is 1. The van der Waals surface area contributed by atoms with Crippen molar-refractivity contribution in [3.63, 3.8) is 0 Å². The molecule has 10 nitrogen and oxygen atoms in total. The summed E-state index contributed by atoms with van der Waals surface area (Å²) in [7, 11) is 0. The van der Waals surface area contributed by atoms with Crippen LogP contribution in [0.15, 0.2) is 22.5 Å². The number of aromatic nitrogens is 1. The van der Waals surface area contributed by atoms with E-state index < -0.39 is 29.6 Å². The van der Waals surface area contributed by atoms with Gasteiger partial charge in [0.05, 0.1) is 19.1 Å². The van der Waals surface area contributed by atoms with Gasteiger partial charge >= 0.3 is 5.97 Å². The number of carboxylic acid groups (broad SMARTS) is 1. The van der Waals surface area contributed by atoms with Crippen LogP contribution in [0.4, 0.5) is 0 Å². The van der Waals surface area contributed by atoms with E-state index in [0.29, 0.717) is 40.1 Å². The minimum atomic E-state index is -1.10. The third-order valence-corrected chi connectivity index (χ3v) is 9.63. The predicted octanol–water partition coefficient (Wildman–Crippen LogP) is 4.55. The molecule has 1 aromatic rings. The smallest absolute Gasteiger partial charge is 0.326 e. The van der Waals surface area contributed by atoms with Crippen molar-refractivity contribution < 1.29 is 29.4 Å². The highest BCUT2D eigenvalue weighted by Crippen LogP contribution is 2.32. The number of carbonyl (C=O) groups excluding carboxylic acids is 3. The van der Waals surface area contributed by atoms with Crippen LogP contribution < -0.4 is 10.6 Å². The molecule has 2 heterocycles. The number of aliphatic hydroxyl groups is 1. The lowest BCUT2D eigenvalue weighted by molar-refractivity contribution is -0.143. The number of nitrogens with zero attached hydrogens (tertiary/aromatic N) is 2. The Hall–Kier alpha value is -2.22. The zero-order valence-electron chi connectivity index (χ0n) is 24.9. The van der Waals surface area contributed by atoms with Gasteiger partial charge in [-0.25, -0.2) is 9.78 Å². The van der Waals surface area contributed by atoms with Crippen LogP contribution in [-0.2, 0) is 25.7 Å². The Balaban J connectivity index is 1.72. The molecule has 1 unspecified atom stereocenters. The molecule has 1 aliphatic rings. The predicted molar refractivity (Wildman–Crippen MR) is 171 cm³/mol. The molecule has 0 fully saturated rings. The number of allylic oxidation sites excluding steroid dienone is 1. The summed E-state index contributed by atoms with van der Waals surface area (Å²) in [5.41, 5.74) is -0.507. The first-order valence-corrected chi connectivity index (χ1v) is 17.3. The van der Waals surface area contributed by atoms with E-state index in [1.807, 2.05) is 0 Å². The normalized spacial score (nSPS) is 18.2.